The van der Waals surface area contributed by atoms with Gasteiger partial charge in [-0.3, -0.25) is 0 Å². The zero-order chi connectivity index (χ0) is 15.0. The van der Waals surface area contributed by atoms with Crippen molar-refractivity contribution in [1.29, 1.82) is 0 Å². The lowest BCUT2D eigenvalue weighted by Crippen LogP contribution is -2.08. The summed E-state index contributed by atoms with van der Waals surface area (Å²) in [5.41, 5.74) is 3.52. The third-order valence-electron chi connectivity index (χ3n) is 3.42. The van der Waals surface area contributed by atoms with E-state index in [1.165, 1.54) is 0 Å². The Kier molecular flexibility index (Phi) is 3.55. The minimum Gasteiger partial charge on any atom is -0.421 e. The summed E-state index contributed by atoms with van der Waals surface area (Å²) < 4.78 is 6.19. The van der Waals surface area contributed by atoms with Gasteiger partial charge in [0.05, 0.1) is 10.0 Å². The highest BCUT2D eigenvalue weighted by Gasteiger charge is 2.28. The molecule has 0 spiro atoms. The van der Waals surface area contributed by atoms with Crippen LogP contribution in [0.15, 0.2) is 48.5 Å². The lowest BCUT2D eigenvalue weighted by atomic mass is 10.1. The first-order valence-corrected chi connectivity index (χ1v) is 7.36. The molecule has 0 radical (unpaired) electrons. The van der Waals surface area contributed by atoms with Crippen LogP contribution < -0.4 is 4.90 Å². The summed E-state index contributed by atoms with van der Waals surface area (Å²) in [6.45, 7) is 0. The van der Waals surface area contributed by atoms with Crippen molar-refractivity contribution >= 4 is 37.8 Å². The molecule has 0 N–H and O–H groups in total. The average molecular weight is 344 g/mol. The highest BCUT2D eigenvalue weighted by molar-refractivity contribution is 9.15. The zero-order valence-corrected chi connectivity index (χ0v) is 13.3. The van der Waals surface area contributed by atoms with Gasteiger partial charge in [0, 0.05) is 25.3 Å². The van der Waals surface area contributed by atoms with E-state index in [1.54, 1.807) is 6.07 Å². The molecule has 0 aliphatic carbocycles. The van der Waals surface area contributed by atoms with Gasteiger partial charge in [0.1, 0.15) is 0 Å². The number of carbonyl (C=O) groups is 1. The Morgan fingerprint density at radius 3 is 2.24 bits per heavy atom. The summed E-state index contributed by atoms with van der Waals surface area (Å²) in [7, 11) is 4.00. The normalized spacial score (nSPS) is 15.5. The lowest BCUT2D eigenvalue weighted by Gasteiger charge is -2.13. The van der Waals surface area contributed by atoms with Crippen molar-refractivity contribution in [3.8, 4) is 0 Å². The minimum absolute atomic E-state index is 0.303. The molecule has 4 heteroatoms. The Hall–Kier alpha value is -2.07. The van der Waals surface area contributed by atoms with Gasteiger partial charge in [0.2, 0.25) is 0 Å². The van der Waals surface area contributed by atoms with Gasteiger partial charge in [0.15, 0.2) is 5.76 Å². The summed E-state index contributed by atoms with van der Waals surface area (Å²) in [6.07, 6.45) is 0. The van der Waals surface area contributed by atoms with E-state index in [4.69, 9.17) is 4.74 Å². The number of hydrogen-bond donors (Lipinski definition) is 0. The molecule has 3 nitrogen and oxygen atoms in total. The Balaban J connectivity index is 2.05. The van der Waals surface area contributed by atoms with Gasteiger partial charge < -0.3 is 9.64 Å². The number of nitrogens with zero attached hydrogens (tertiary/aromatic N) is 1. The first-order valence-electron chi connectivity index (χ1n) is 6.57. The van der Waals surface area contributed by atoms with Crippen molar-refractivity contribution in [2.75, 3.05) is 19.0 Å². The van der Waals surface area contributed by atoms with E-state index >= 15 is 0 Å². The number of hydrogen-bond acceptors (Lipinski definition) is 3. The molecule has 1 heterocycles. The molecular weight excluding hydrogens is 330 g/mol. The zero-order valence-electron chi connectivity index (χ0n) is 11.8. The highest BCUT2D eigenvalue weighted by atomic mass is 79.9. The topological polar surface area (TPSA) is 29.5 Å². The number of cyclic esters (lactones) is 1. The number of halogens is 1. The van der Waals surface area contributed by atoms with Crippen LogP contribution in [0, 0.1) is 0 Å². The molecule has 0 unspecified atom stereocenters. The highest BCUT2D eigenvalue weighted by Crippen LogP contribution is 2.38. The van der Waals surface area contributed by atoms with Crippen LogP contribution in [0.5, 0.6) is 0 Å². The maximum Gasteiger partial charge on any atom is 0.344 e. The van der Waals surface area contributed by atoms with Gasteiger partial charge in [-0.05, 0) is 39.7 Å². The van der Waals surface area contributed by atoms with Crippen LogP contribution in [0.25, 0.3) is 10.2 Å². The predicted molar refractivity (Wildman–Crippen MR) is 88.4 cm³/mol. The van der Waals surface area contributed by atoms with E-state index < -0.39 is 0 Å². The molecule has 1 aliphatic rings. The number of ether oxygens (including phenoxy) is 1. The van der Waals surface area contributed by atoms with E-state index in [1.807, 2.05) is 61.5 Å². The Morgan fingerprint density at radius 1 is 1.00 bits per heavy atom. The van der Waals surface area contributed by atoms with Crippen molar-refractivity contribution in [2.45, 2.75) is 0 Å². The number of benzene rings is 2. The molecule has 0 atom stereocenters. The average Bonchev–Trinajstić information content (AvgIpc) is 2.84. The van der Waals surface area contributed by atoms with Crippen LogP contribution in [-0.4, -0.2) is 20.1 Å². The predicted octanol–water partition coefficient (Wildman–Crippen LogP) is 4.14. The maximum atomic E-state index is 11.9. The number of esters is 1. The molecular formula is C17H14BrNO2. The standard InChI is InChI=1S/C17H14BrNO2/c1-19(2)12-9-7-11(8-10-12)15(18)16-13-5-3-4-6-14(13)17(20)21-16/h3-10H,1-2H3/b16-15-. The van der Waals surface area contributed by atoms with Crippen molar-refractivity contribution < 1.29 is 9.53 Å². The molecule has 3 rings (SSSR count). The van der Waals surface area contributed by atoms with Gasteiger partial charge in [-0.15, -0.1) is 0 Å². The Labute approximate surface area is 132 Å². The third kappa shape index (κ3) is 2.47. The maximum absolute atomic E-state index is 11.9. The molecule has 0 saturated heterocycles. The second-order valence-corrected chi connectivity index (χ2v) is 5.81. The fourth-order valence-corrected chi connectivity index (χ4v) is 2.82. The number of rotatable bonds is 2. The van der Waals surface area contributed by atoms with Gasteiger partial charge in [0.25, 0.3) is 0 Å². The van der Waals surface area contributed by atoms with Crippen LogP contribution in [0.3, 0.4) is 0 Å². The van der Waals surface area contributed by atoms with Gasteiger partial charge >= 0.3 is 5.97 Å². The summed E-state index contributed by atoms with van der Waals surface area (Å²) in [5, 5.41) is 0. The van der Waals surface area contributed by atoms with Crippen LogP contribution in [0.4, 0.5) is 5.69 Å². The van der Waals surface area contributed by atoms with Gasteiger partial charge in [-0.2, -0.15) is 0 Å². The van der Waals surface area contributed by atoms with Crippen LogP contribution in [0.2, 0.25) is 0 Å². The molecule has 106 valence electrons. The van der Waals surface area contributed by atoms with Crippen molar-refractivity contribution in [3.05, 3.63) is 65.2 Å². The van der Waals surface area contributed by atoms with E-state index in [-0.39, 0.29) is 5.97 Å². The molecule has 0 bridgehead atoms. The summed E-state index contributed by atoms with van der Waals surface area (Å²) in [5.74, 6) is 0.274. The van der Waals surface area contributed by atoms with Gasteiger partial charge in [-0.1, -0.05) is 30.3 Å². The molecule has 0 saturated carbocycles. The van der Waals surface area contributed by atoms with Crippen molar-refractivity contribution in [1.82, 2.24) is 0 Å². The summed E-state index contributed by atoms with van der Waals surface area (Å²) in [4.78, 5) is 13.9. The van der Waals surface area contributed by atoms with Crippen molar-refractivity contribution in [3.63, 3.8) is 0 Å². The lowest BCUT2D eigenvalue weighted by molar-refractivity contribution is 0.0717. The first-order chi connectivity index (χ1) is 10.1. The summed E-state index contributed by atoms with van der Waals surface area (Å²) in [6, 6.07) is 15.5. The molecule has 0 aromatic heterocycles. The Bertz CT molecular complexity index is 733. The smallest absolute Gasteiger partial charge is 0.344 e. The van der Waals surface area contributed by atoms with Gasteiger partial charge in [-0.25, -0.2) is 4.79 Å². The first kappa shape index (κ1) is 13.9. The fraction of sp³-hybridized carbons (Fsp3) is 0.118. The molecule has 0 fully saturated rings. The largest absolute Gasteiger partial charge is 0.421 e. The fourth-order valence-electron chi connectivity index (χ4n) is 2.26. The molecule has 0 amide bonds. The van der Waals surface area contributed by atoms with E-state index in [0.29, 0.717) is 11.3 Å². The van der Waals surface area contributed by atoms with E-state index in [2.05, 4.69) is 15.9 Å². The monoisotopic (exact) mass is 343 g/mol. The summed E-state index contributed by atoms with van der Waals surface area (Å²) >= 11 is 3.56. The SMILES string of the molecule is CN(C)c1ccc(/C(Br)=C2/OC(=O)c3ccccc32)cc1. The van der Waals surface area contributed by atoms with Crippen molar-refractivity contribution in [2.24, 2.45) is 0 Å². The van der Waals surface area contributed by atoms with E-state index in [9.17, 15) is 4.79 Å². The molecule has 2 aromatic rings. The quantitative estimate of drug-likeness (QED) is 0.767. The minimum atomic E-state index is -0.303. The molecule has 21 heavy (non-hydrogen) atoms. The van der Waals surface area contributed by atoms with Crippen LogP contribution >= 0.6 is 15.9 Å². The second-order valence-electron chi connectivity index (χ2n) is 5.02. The second kappa shape index (κ2) is 5.37. The van der Waals surface area contributed by atoms with E-state index in [0.717, 1.165) is 21.3 Å². The number of anilines is 1. The van der Waals surface area contributed by atoms with Crippen LogP contribution in [-0.2, 0) is 4.74 Å². The Morgan fingerprint density at radius 2 is 1.62 bits per heavy atom. The number of carbonyl (C=O) groups excluding carboxylic acids is 1. The third-order valence-corrected chi connectivity index (χ3v) is 4.24. The molecule has 2 aromatic carbocycles. The number of fused-ring (bicyclic) bond motifs is 1. The van der Waals surface area contributed by atoms with Crippen LogP contribution in [0.1, 0.15) is 21.5 Å². The molecule has 1 aliphatic heterocycles.